The molecule has 0 spiro atoms. The molecule has 668 valence electrons. The largest absolute Gasteiger partial charge is 0.496 e. The van der Waals surface area contributed by atoms with E-state index in [0.29, 0.717) is 87.9 Å². The van der Waals surface area contributed by atoms with Crippen LogP contribution in [0.15, 0.2) is 321 Å². The second kappa shape index (κ2) is 43.4. The summed E-state index contributed by atoms with van der Waals surface area (Å²) in [7, 11) is 8.14. The molecule has 0 aliphatic heterocycles. The van der Waals surface area contributed by atoms with Crippen molar-refractivity contribution >= 4 is 149 Å². The summed E-state index contributed by atoms with van der Waals surface area (Å²) in [5, 5.41) is 49.2. The van der Waals surface area contributed by atoms with Crippen LogP contribution >= 0.6 is 91.3 Å². The number of para-hydroxylation sites is 1. The van der Waals surface area contributed by atoms with Gasteiger partial charge in [0, 0.05) is 149 Å². The predicted molar refractivity (Wildman–Crippen MR) is 528 cm³/mol. The van der Waals surface area contributed by atoms with Crippen LogP contribution in [0.5, 0.6) is 28.7 Å². The summed E-state index contributed by atoms with van der Waals surface area (Å²) in [5.74, 6) is 7.13. The first-order valence-electron chi connectivity index (χ1n) is 40.9. The summed E-state index contributed by atoms with van der Waals surface area (Å²) in [6.45, 7) is 3.06. The Bertz CT molecular complexity index is 7240. The molecule has 20 rings (SSSR count). The lowest BCUT2D eigenvalue weighted by molar-refractivity contribution is -0.905. The van der Waals surface area contributed by atoms with Gasteiger partial charge in [0.2, 0.25) is 12.4 Å². The zero-order valence-electron chi connectivity index (χ0n) is 71.5. The van der Waals surface area contributed by atoms with E-state index in [9.17, 15) is 9.60 Å². The molecule has 133 heavy (non-hydrogen) atoms. The molecule has 20 aromatic rings. The van der Waals surface area contributed by atoms with E-state index in [1.54, 1.807) is 150 Å². The Balaban J connectivity index is 0.000000121. The van der Waals surface area contributed by atoms with Gasteiger partial charge < -0.3 is 50.3 Å². The van der Waals surface area contributed by atoms with Gasteiger partial charge in [-0.1, -0.05) is 90.5 Å². The molecule has 37 heteroatoms. The third-order valence-corrected chi connectivity index (χ3v) is 23.5. The first-order valence-corrected chi connectivity index (χ1v) is 45.2. The van der Waals surface area contributed by atoms with Gasteiger partial charge in [0.1, 0.15) is 40.7 Å². The van der Waals surface area contributed by atoms with Crippen molar-refractivity contribution in [3.05, 3.63) is 360 Å². The minimum Gasteiger partial charge on any atom is -0.496 e. The molecular formula is C96H80Br5ClFN24O6+. The molecule has 0 saturated carbocycles. The highest BCUT2D eigenvalue weighted by atomic mass is 79.9. The van der Waals surface area contributed by atoms with Crippen LogP contribution in [0.3, 0.4) is 0 Å². The molecule has 0 atom stereocenters. The average Bonchev–Trinajstić information content (AvgIpc) is 1.68. The number of anilines is 5. The fraction of sp³-hybridized carbons (Fsp3) is 0.104. The standard InChI is InChI=1S/2C20H18BrN5O2.C20H17BrN4O.C18H13BrClN5.C18H14BrFN5O/c1-27-17-4-3-14(9-18(17)28-2)16-10-19(23-11-13-5-7-22-8-6-13)26-20(25-16)15(21)12-24-26;1-27-17-6-5-14(8-18(17)28-2)16-9-19(23-11-13-4-3-7-22-10-13)26-20(25-16)15(21)12-24-26;1-26-18-10-6-5-9-15(18)17-11-19(22-12-14-7-3-2-4-8-14)25-20(24-17)16(21)13-23-25;19-15-11-23-25-17(22-10-12-2-1-7-21-9-12)8-16(24-18(15)25)13-3-5-14(20)6-4-13;19-14-10-22-25-17(21-9-12-4-3-7-24(26)11-12)8-16(23-18(14)25)13-5-1-2-6-15(13)20/h2*3-10,12,23H,11H2,1-2H3;2-11,13,22H,12H2,1H3;1-9,11,22H,10H2;1-8,10-11,21,26H,9H2/q;;;;+1. The third-order valence-electron chi connectivity index (χ3n) is 20.4. The number of pyridine rings is 4. The van der Waals surface area contributed by atoms with E-state index >= 15 is 0 Å². The lowest BCUT2D eigenvalue weighted by atomic mass is 10.1. The van der Waals surface area contributed by atoms with E-state index in [2.05, 4.69) is 164 Å². The second-order valence-electron chi connectivity index (χ2n) is 29.0. The number of fused-ring (bicyclic) bond motifs is 5. The number of halogens is 7. The minimum atomic E-state index is -0.338. The molecule has 14 aromatic heterocycles. The maximum atomic E-state index is 14.2. The van der Waals surface area contributed by atoms with Crippen LogP contribution in [0.4, 0.5) is 33.5 Å². The van der Waals surface area contributed by atoms with E-state index in [1.807, 2.05) is 182 Å². The van der Waals surface area contributed by atoms with Crippen molar-refractivity contribution in [2.45, 2.75) is 32.7 Å². The normalized spacial score (nSPS) is 10.9. The molecule has 14 heterocycles. The van der Waals surface area contributed by atoms with Crippen LogP contribution in [-0.2, 0) is 32.7 Å². The topological polar surface area (TPSA) is 320 Å². The van der Waals surface area contributed by atoms with Gasteiger partial charge >= 0.3 is 0 Å². The van der Waals surface area contributed by atoms with Crippen molar-refractivity contribution in [3.63, 3.8) is 0 Å². The molecule has 0 bridgehead atoms. The summed E-state index contributed by atoms with van der Waals surface area (Å²) in [6.07, 6.45) is 22.5. The van der Waals surface area contributed by atoms with Crippen LogP contribution in [0.2, 0.25) is 5.02 Å². The highest BCUT2D eigenvalue weighted by Crippen LogP contribution is 2.39. The van der Waals surface area contributed by atoms with Crippen LogP contribution in [0, 0.1) is 5.82 Å². The Morgan fingerprint density at radius 1 is 0.323 bits per heavy atom. The fourth-order valence-electron chi connectivity index (χ4n) is 13.8. The summed E-state index contributed by atoms with van der Waals surface area (Å²) >= 11 is 23.5. The Hall–Kier alpha value is -14.6. The van der Waals surface area contributed by atoms with Crippen LogP contribution in [0.1, 0.15) is 27.8 Å². The SMILES string of the molecule is COc1ccc(-c2cc(NCc3cccnc3)n3ncc(Br)c3n2)cc1OC.COc1ccc(-c2cc(NCc3ccncc3)n3ncc(Br)c3n2)cc1OC.COc1ccccc1-c1cc(NCc2ccccc2)n2ncc(Br)c2n1.Clc1ccc(-c2cc(NCc3cccnc3)n3ncc(Br)c3n2)cc1.O[n+]1cccc(CNc2cc(-c3ccccc3F)nc3c(Br)cnn23)c1. The molecule has 0 saturated heterocycles. The van der Waals surface area contributed by atoms with Crippen molar-refractivity contribution in [2.24, 2.45) is 0 Å². The van der Waals surface area contributed by atoms with Gasteiger partial charge in [-0.2, -0.15) is 48.1 Å². The molecule has 0 radical (unpaired) electrons. The highest BCUT2D eigenvalue weighted by molar-refractivity contribution is 9.11. The lowest BCUT2D eigenvalue weighted by Gasteiger charge is -2.12. The number of nitrogens with zero attached hydrogens (tertiary/aromatic N) is 19. The van der Waals surface area contributed by atoms with Gasteiger partial charge in [-0.05, 0) is 205 Å². The quantitative estimate of drug-likeness (QED) is 0.0229. The minimum absolute atomic E-state index is 0.338. The Morgan fingerprint density at radius 2 is 0.669 bits per heavy atom. The third kappa shape index (κ3) is 22.2. The monoisotopic (exact) mass is 2110 g/mol. The zero-order chi connectivity index (χ0) is 92.3. The van der Waals surface area contributed by atoms with Gasteiger partial charge in [0.05, 0.1) is 117 Å². The van der Waals surface area contributed by atoms with Crippen molar-refractivity contribution in [1.82, 2.24) is 87.9 Å². The number of nitrogens with one attached hydrogen (secondary N) is 5. The van der Waals surface area contributed by atoms with E-state index in [1.165, 1.54) is 17.8 Å². The van der Waals surface area contributed by atoms with Crippen LogP contribution < -0.4 is 55.0 Å². The maximum Gasteiger partial charge on any atom is 0.227 e. The van der Waals surface area contributed by atoms with E-state index in [-0.39, 0.29) is 5.82 Å². The first kappa shape index (κ1) is 91.7. The molecule has 0 fully saturated rings. The fourth-order valence-corrected chi connectivity index (χ4v) is 15.7. The van der Waals surface area contributed by atoms with E-state index in [0.717, 1.165) is 142 Å². The zero-order valence-corrected chi connectivity index (χ0v) is 80.1. The molecule has 0 aliphatic carbocycles. The molecule has 6 N–H and O–H groups in total. The summed E-state index contributed by atoms with van der Waals surface area (Å²) in [5.41, 5.74) is 16.8. The Labute approximate surface area is 807 Å². The molecule has 30 nitrogen and oxygen atoms in total. The maximum absolute atomic E-state index is 14.2. The van der Waals surface area contributed by atoms with Crippen LogP contribution in [-0.4, -0.2) is 129 Å². The van der Waals surface area contributed by atoms with Gasteiger partial charge in [0.15, 0.2) is 51.2 Å². The summed E-state index contributed by atoms with van der Waals surface area (Å²) < 4.78 is 55.0. The highest BCUT2D eigenvalue weighted by Gasteiger charge is 2.21. The smallest absolute Gasteiger partial charge is 0.227 e. The number of ether oxygens (including phenoxy) is 5. The number of aromatic nitrogens is 19. The second-order valence-corrected chi connectivity index (χ2v) is 33.7. The molecular weight excluding hydrogens is 2040 g/mol. The van der Waals surface area contributed by atoms with Crippen molar-refractivity contribution < 1.29 is 38.0 Å². The molecule has 0 aliphatic rings. The van der Waals surface area contributed by atoms with E-state index < -0.39 is 0 Å². The average molecular weight is 2120 g/mol. The Kier molecular flexibility index (Phi) is 30.0. The number of benzene rings is 6. The van der Waals surface area contributed by atoms with Gasteiger partial charge in [0.25, 0.3) is 0 Å². The first-order chi connectivity index (χ1) is 65.0. The number of hydrogen-bond donors (Lipinski definition) is 6. The van der Waals surface area contributed by atoms with Crippen molar-refractivity contribution in [1.29, 1.82) is 0 Å². The lowest BCUT2D eigenvalue weighted by Crippen LogP contribution is -2.29. The number of hydrogen-bond acceptors (Lipinski definition) is 24. The van der Waals surface area contributed by atoms with Crippen molar-refractivity contribution in [2.75, 3.05) is 62.1 Å². The summed E-state index contributed by atoms with van der Waals surface area (Å²) in [4.78, 5) is 35.9. The van der Waals surface area contributed by atoms with Gasteiger partial charge in [-0.15, -0.1) is 0 Å². The predicted octanol–water partition coefficient (Wildman–Crippen LogP) is 21.4. The number of rotatable bonds is 25. The molecule has 0 unspecified atom stereocenters. The summed E-state index contributed by atoms with van der Waals surface area (Å²) in [6, 6.07) is 68.8. The van der Waals surface area contributed by atoms with E-state index in [4.69, 9.17) is 55.2 Å². The number of methoxy groups -OCH3 is 5. The molecule has 6 aromatic carbocycles. The van der Waals surface area contributed by atoms with Crippen LogP contribution in [0.25, 0.3) is 84.5 Å². The molecule has 0 amide bonds. The Morgan fingerprint density at radius 3 is 1.08 bits per heavy atom. The van der Waals surface area contributed by atoms with Gasteiger partial charge in [-0.25, -0.2) is 29.3 Å². The van der Waals surface area contributed by atoms with Gasteiger partial charge in [-0.3, -0.25) is 20.2 Å². The van der Waals surface area contributed by atoms with Crippen molar-refractivity contribution in [3.8, 4) is 85.0 Å².